The van der Waals surface area contributed by atoms with Gasteiger partial charge in [0, 0.05) is 18.5 Å². The third-order valence-corrected chi connectivity index (χ3v) is 6.72. The summed E-state index contributed by atoms with van der Waals surface area (Å²) in [5.74, 6) is 0.265. The number of nitrogens with zero attached hydrogens (tertiary/aromatic N) is 2. The molecule has 0 aromatic carbocycles. The maximum absolute atomic E-state index is 12.2. The van der Waals surface area contributed by atoms with Gasteiger partial charge in [-0.25, -0.2) is 18.4 Å². The lowest BCUT2D eigenvalue weighted by Gasteiger charge is -2.23. The van der Waals surface area contributed by atoms with E-state index < -0.39 is 14.6 Å². The van der Waals surface area contributed by atoms with Crippen molar-refractivity contribution in [2.24, 2.45) is 0 Å². The van der Waals surface area contributed by atoms with Crippen molar-refractivity contribution in [2.45, 2.75) is 25.1 Å². The third kappa shape index (κ3) is 3.30. The van der Waals surface area contributed by atoms with Gasteiger partial charge in [-0.1, -0.05) is 0 Å². The average molecular weight is 373 g/mol. The number of fused-ring (bicyclic) bond motifs is 1. The summed E-state index contributed by atoms with van der Waals surface area (Å²) in [5.41, 5.74) is 10.5. The van der Waals surface area contributed by atoms with Crippen molar-refractivity contribution in [3.05, 3.63) is 41.6 Å². The Morgan fingerprint density at radius 2 is 1.88 bits per heavy atom. The van der Waals surface area contributed by atoms with Crippen molar-refractivity contribution in [3.63, 3.8) is 0 Å². The Bertz CT molecular complexity index is 1070. The van der Waals surface area contributed by atoms with Gasteiger partial charge in [0.25, 0.3) is 0 Å². The highest BCUT2D eigenvalue weighted by Gasteiger charge is 2.33. The van der Waals surface area contributed by atoms with Gasteiger partial charge in [-0.05, 0) is 56.8 Å². The van der Waals surface area contributed by atoms with Crippen LogP contribution in [0.1, 0.15) is 25.1 Å². The summed E-state index contributed by atoms with van der Waals surface area (Å²) in [5, 5.41) is 3.09. The Labute approximate surface area is 153 Å². The Balaban J connectivity index is 2.11. The molecule has 0 atom stereocenters. The zero-order valence-corrected chi connectivity index (χ0v) is 16.1. The van der Waals surface area contributed by atoms with Crippen molar-refractivity contribution in [2.75, 3.05) is 19.0 Å². The lowest BCUT2D eigenvalue weighted by molar-refractivity contribution is 0.561. The first-order chi connectivity index (χ1) is 12.1. The number of aromatic nitrogens is 3. The first kappa shape index (κ1) is 18.3. The molecule has 0 unspecified atom stereocenters. The molecule has 0 aliphatic heterocycles. The fourth-order valence-corrected chi connectivity index (χ4v) is 3.28. The number of nitrogens with one attached hydrogen (secondary N) is 2. The standard InChI is InChI=1S/C18H23N5O2S/c1-18(2,26(4,24)25)11-7-15(23-17(19)8-11)14-6-5-13-16(22-14)9-12(21-13)10-20-3/h5-9,20-21H,10H2,1-4H3,(H2,19,23). The van der Waals surface area contributed by atoms with E-state index in [1.807, 2.05) is 25.2 Å². The minimum absolute atomic E-state index is 0.265. The van der Waals surface area contributed by atoms with Crippen molar-refractivity contribution >= 4 is 26.7 Å². The Kier molecular flexibility index (Phi) is 4.49. The van der Waals surface area contributed by atoms with E-state index in [2.05, 4.69) is 20.3 Å². The molecule has 3 heterocycles. The van der Waals surface area contributed by atoms with Gasteiger partial charge in [0.1, 0.15) is 5.82 Å². The Morgan fingerprint density at radius 1 is 1.15 bits per heavy atom. The summed E-state index contributed by atoms with van der Waals surface area (Å²) in [6, 6.07) is 9.10. The molecule has 0 saturated carbocycles. The molecule has 0 spiro atoms. The van der Waals surface area contributed by atoms with Gasteiger partial charge in [0.15, 0.2) is 9.84 Å². The van der Waals surface area contributed by atoms with Crippen LogP contribution in [-0.2, 0) is 21.1 Å². The second-order valence-electron chi connectivity index (χ2n) is 6.90. The molecule has 0 radical (unpaired) electrons. The number of rotatable bonds is 5. The number of pyridine rings is 2. The molecule has 26 heavy (non-hydrogen) atoms. The fraction of sp³-hybridized carbons (Fsp3) is 0.333. The molecular weight excluding hydrogens is 350 g/mol. The molecule has 0 fully saturated rings. The molecule has 0 aliphatic rings. The van der Waals surface area contributed by atoms with Gasteiger partial charge < -0.3 is 16.0 Å². The van der Waals surface area contributed by atoms with Gasteiger partial charge in [0.05, 0.1) is 27.2 Å². The molecule has 3 aromatic rings. The molecule has 7 nitrogen and oxygen atoms in total. The number of anilines is 1. The highest BCUT2D eigenvalue weighted by atomic mass is 32.2. The number of sulfone groups is 1. The van der Waals surface area contributed by atoms with Crippen LogP contribution >= 0.6 is 0 Å². The van der Waals surface area contributed by atoms with E-state index in [4.69, 9.17) is 5.73 Å². The summed E-state index contributed by atoms with van der Waals surface area (Å²) in [6.07, 6.45) is 1.22. The van der Waals surface area contributed by atoms with Crippen molar-refractivity contribution in [3.8, 4) is 11.4 Å². The first-order valence-corrected chi connectivity index (χ1v) is 10.1. The van der Waals surface area contributed by atoms with Crippen LogP contribution in [0, 0.1) is 0 Å². The summed E-state index contributed by atoms with van der Waals surface area (Å²) < 4.78 is 23.3. The predicted octanol–water partition coefficient (Wildman–Crippen LogP) is 2.21. The summed E-state index contributed by atoms with van der Waals surface area (Å²) in [6.45, 7) is 4.04. The zero-order chi connectivity index (χ0) is 19.1. The maximum Gasteiger partial charge on any atom is 0.156 e. The van der Waals surface area contributed by atoms with Crippen LogP contribution in [0.25, 0.3) is 22.4 Å². The molecule has 8 heteroatoms. The lowest BCUT2D eigenvalue weighted by Crippen LogP contribution is -2.28. The molecule has 0 aliphatic carbocycles. The Hall–Kier alpha value is -2.45. The van der Waals surface area contributed by atoms with Crippen LogP contribution in [0.5, 0.6) is 0 Å². The minimum Gasteiger partial charge on any atom is -0.384 e. The fourth-order valence-electron chi connectivity index (χ4n) is 2.74. The summed E-state index contributed by atoms with van der Waals surface area (Å²) in [7, 11) is -1.44. The molecule has 0 bridgehead atoms. The topological polar surface area (TPSA) is 114 Å². The lowest BCUT2D eigenvalue weighted by atomic mass is 10.0. The molecule has 3 rings (SSSR count). The number of nitrogen functional groups attached to an aromatic ring is 1. The number of hydrogen-bond donors (Lipinski definition) is 3. The SMILES string of the molecule is CNCc1cc2nc(-c3cc(C(C)(C)S(C)(=O)=O)cc(N)n3)ccc2[nH]1. The Morgan fingerprint density at radius 3 is 2.54 bits per heavy atom. The van der Waals surface area contributed by atoms with Gasteiger partial charge in [0.2, 0.25) is 0 Å². The quantitative estimate of drug-likeness (QED) is 0.632. The van der Waals surface area contributed by atoms with Crippen LogP contribution in [0.2, 0.25) is 0 Å². The highest BCUT2D eigenvalue weighted by molar-refractivity contribution is 7.91. The highest BCUT2D eigenvalue weighted by Crippen LogP contribution is 2.32. The van der Waals surface area contributed by atoms with Crippen molar-refractivity contribution < 1.29 is 8.42 Å². The largest absolute Gasteiger partial charge is 0.384 e. The van der Waals surface area contributed by atoms with Gasteiger partial charge in [-0.3, -0.25) is 0 Å². The number of nitrogens with two attached hydrogens (primary N) is 1. The van der Waals surface area contributed by atoms with E-state index in [-0.39, 0.29) is 5.82 Å². The van der Waals surface area contributed by atoms with E-state index in [1.165, 1.54) is 6.26 Å². The van der Waals surface area contributed by atoms with E-state index in [0.29, 0.717) is 17.0 Å². The second-order valence-corrected chi connectivity index (χ2v) is 9.47. The number of H-pyrrole nitrogens is 1. The monoisotopic (exact) mass is 373 g/mol. The molecule has 3 aromatic heterocycles. The van der Waals surface area contributed by atoms with Crippen molar-refractivity contribution in [1.82, 2.24) is 20.3 Å². The zero-order valence-electron chi connectivity index (χ0n) is 15.3. The normalized spacial score (nSPS) is 12.6. The smallest absolute Gasteiger partial charge is 0.156 e. The maximum atomic E-state index is 12.2. The van der Waals surface area contributed by atoms with E-state index >= 15 is 0 Å². The van der Waals surface area contributed by atoms with Gasteiger partial charge >= 0.3 is 0 Å². The number of aromatic amines is 1. The van der Waals surface area contributed by atoms with Crippen molar-refractivity contribution in [1.29, 1.82) is 0 Å². The summed E-state index contributed by atoms with van der Waals surface area (Å²) >= 11 is 0. The molecule has 0 amide bonds. The first-order valence-electron chi connectivity index (χ1n) is 8.23. The molecule has 138 valence electrons. The van der Waals surface area contributed by atoms with Gasteiger partial charge in [-0.2, -0.15) is 0 Å². The van der Waals surface area contributed by atoms with Crippen LogP contribution in [0.15, 0.2) is 30.3 Å². The molecular formula is C18H23N5O2S. The van der Waals surface area contributed by atoms with E-state index in [0.717, 1.165) is 23.3 Å². The van der Waals surface area contributed by atoms with Crippen LogP contribution < -0.4 is 11.1 Å². The van der Waals surface area contributed by atoms with Gasteiger partial charge in [-0.15, -0.1) is 0 Å². The van der Waals surface area contributed by atoms with Crippen LogP contribution in [0.4, 0.5) is 5.82 Å². The third-order valence-electron chi connectivity index (χ3n) is 4.63. The molecule has 0 saturated heterocycles. The summed E-state index contributed by atoms with van der Waals surface area (Å²) in [4.78, 5) is 12.3. The minimum atomic E-state index is -3.32. The number of hydrogen-bond acceptors (Lipinski definition) is 6. The van der Waals surface area contributed by atoms with E-state index in [1.54, 1.807) is 26.0 Å². The van der Waals surface area contributed by atoms with E-state index in [9.17, 15) is 8.42 Å². The average Bonchev–Trinajstić information content (AvgIpc) is 2.95. The van der Waals surface area contributed by atoms with Crippen LogP contribution in [-0.4, -0.2) is 36.7 Å². The molecule has 4 N–H and O–H groups in total. The van der Waals surface area contributed by atoms with Crippen LogP contribution in [0.3, 0.4) is 0 Å². The second kappa shape index (κ2) is 6.37. The predicted molar refractivity (Wildman–Crippen MR) is 104 cm³/mol.